The number of carbonyl (C=O) groups excluding carboxylic acids is 1. The van der Waals surface area contributed by atoms with Gasteiger partial charge in [0.15, 0.2) is 0 Å². The van der Waals surface area contributed by atoms with Gasteiger partial charge in [0.1, 0.15) is 6.61 Å². The maximum atomic E-state index is 13.3. The van der Waals surface area contributed by atoms with Crippen LogP contribution in [-0.2, 0) is 20.8 Å². The number of nitrogens with zero attached hydrogens (tertiary/aromatic N) is 4. The van der Waals surface area contributed by atoms with E-state index in [9.17, 15) is 4.79 Å². The molecular formula is C31H34ClN5O3S. The first-order valence-corrected chi connectivity index (χ1v) is 14.7. The van der Waals surface area contributed by atoms with Crippen LogP contribution in [0.5, 0.6) is 0 Å². The van der Waals surface area contributed by atoms with Gasteiger partial charge in [-0.15, -0.1) is 11.3 Å². The van der Waals surface area contributed by atoms with E-state index in [0.29, 0.717) is 36.2 Å². The molecule has 1 N–H and O–H groups in total. The molecule has 41 heavy (non-hydrogen) atoms. The SMILES string of the molecule is C/C=N/N=C/[C@H](CC(=O)Nc1ccc2c(c1)CCO/C2=N\OCC)/N=C(/c1ccc(Cl)cc1)c1c(C)sc(C)c1C. The van der Waals surface area contributed by atoms with Crippen molar-refractivity contribution in [3.8, 4) is 0 Å². The largest absolute Gasteiger partial charge is 0.475 e. The Labute approximate surface area is 249 Å². The topological polar surface area (TPSA) is 97.0 Å². The third-order valence-corrected chi connectivity index (χ3v) is 7.91. The normalized spacial score (nSPS) is 15.3. The highest BCUT2D eigenvalue weighted by Gasteiger charge is 2.21. The van der Waals surface area contributed by atoms with Gasteiger partial charge < -0.3 is 14.9 Å². The molecule has 10 heteroatoms. The molecule has 0 radical (unpaired) electrons. The number of fused-ring (bicyclic) bond motifs is 1. The third-order valence-electron chi connectivity index (χ3n) is 6.53. The van der Waals surface area contributed by atoms with E-state index in [1.54, 1.807) is 30.7 Å². The summed E-state index contributed by atoms with van der Waals surface area (Å²) in [7, 11) is 0. The fourth-order valence-corrected chi connectivity index (χ4v) is 5.73. The number of aryl methyl sites for hydroxylation is 2. The Hall–Kier alpha value is -3.82. The standard InChI is InChI=1S/C31H34ClN5O3S/c1-6-33-34-18-26(36-30(22-8-10-24(32)11-9-22)29-19(3)20(4)41-21(29)5)17-28(38)35-25-12-13-27-23(16-25)14-15-39-31(27)37-40-7-2/h6,8-13,16,18,26H,7,14-15,17H2,1-5H3,(H,35,38)/b33-6+,34-18+,36-30-,37-31-/t26-/m0/s1. The van der Waals surface area contributed by atoms with Gasteiger partial charge >= 0.3 is 0 Å². The lowest BCUT2D eigenvalue weighted by atomic mass is 9.98. The quantitative estimate of drug-likeness (QED) is 0.205. The third kappa shape index (κ3) is 7.68. The van der Waals surface area contributed by atoms with Crippen LogP contribution in [-0.4, -0.2) is 49.2 Å². The molecule has 0 spiro atoms. The second kappa shape index (κ2) is 14.2. The van der Waals surface area contributed by atoms with Crippen molar-refractivity contribution in [2.75, 3.05) is 18.5 Å². The number of ether oxygens (including phenoxy) is 1. The van der Waals surface area contributed by atoms with Crippen LogP contribution in [0.2, 0.25) is 5.02 Å². The first kappa shape index (κ1) is 30.1. The summed E-state index contributed by atoms with van der Waals surface area (Å²) in [5.74, 6) is 0.267. The van der Waals surface area contributed by atoms with E-state index < -0.39 is 6.04 Å². The summed E-state index contributed by atoms with van der Waals surface area (Å²) in [6.45, 7) is 10.9. The average molecular weight is 592 g/mol. The van der Waals surface area contributed by atoms with Crippen LogP contribution in [0.1, 0.15) is 57.8 Å². The van der Waals surface area contributed by atoms with Crippen LogP contribution in [0, 0.1) is 20.8 Å². The summed E-state index contributed by atoms with van der Waals surface area (Å²) in [5, 5.41) is 15.9. The number of thiophene rings is 1. The van der Waals surface area contributed by atoms with Crippen LogP contribution in [0.15, 0.2) is 62.8 Å². The molecule has 1 aliphatic heterocycles. The number of benzene rings is 2. The molecule has 0 bridgehead atoms. The maximum absolute atomic E-state index is 13.3. The molecule has 0 saturated carbocycles. The lowest BCUT2D eigenvalue weighted by molar-refractivity contribution is -0.116. The Bertz CT molecular complexity index is 1510. The maximum Gasteiger partial charge on any atom is 0.257 e. The number of rotatable bonds is 10. The van der Waals surface area contributed by atoms with Crippen LogP contribution in [0.25, 0.3) is 0 Å². The Kier molecular flexibility index (Phi) is 10.4. The summed E-state index contributed by atoms with van der Waals surface area (Å²) in [6.07, 6.45) is 3.99. The van der Waals surface area contributed by atoms with Gasteiger partial charge in [-0.2, -0.15) is 10.2 Å². The molecule has 1 atom stereocenters. The number of anilines is 1. The van der Waals surface area contributed by atoms with E-state index in [2.05, 4.69) is 41.4 Å². The van der Waals surface area contributed by atoms with Gasteiger partial charge in [0.05, 0.1) is 31.0 Å². The number of oxime groups is 1. The van der Waals surface area contributed by atoms with Crippen molar-refractivity contribution in [3.05, 3.63) is 85.1 Å². The Morgan fingerprint density at radius 3 is 2.61 bits per heavy atom. The number of halogens is 1. The van der Waals surface area contributed by atoms with Crippen LogP contribution in [0.3, 0.4) is 0 Å². The molecule has 0 saturated heterocycles. The highest BCUT2D eigenvalue weighted by molar-refractivity contribution is 7.12. The number of hydrogen-bond acceptors (Lipinski definition) is 8. The summed E-state index contributed by atoms with van der Waals surface area (Å²) in [6, 6.07) is 12.7. The van der Waals surface area contributed by atoms with E-state index in [0.717, 1.165) is 32.8 Å². The molecule has 1 aliphatic rings. The summed E-state index contributed by atoms with van der Waals surface area (Å²) < 4.78 is 5.65. The van der Waals surface area contributed by atoms with Crippen LogP contribution >= 0.6 is 22.9 Å². The number of aliphatic imine (C=N–C) groups is 1. The van der Waals surface area contributed by atoms with Gasteiger partial charge in [-0.3, -0.25) is 9.79 Å². The number of nitrogens with one attached hydrogen (secondary N) is 1. The van der Waals surface area contributed by atoms with E-state index in [-0.39, 0.29) is 12.3 Å². The van der Waals surface area contributed by atoms with Crippen LogP contribution in [0.4, 0.5) is 5.69 Å². The Balaban J connectivity index is 1.64. The minimum atomic E-state index is -0.556. The molecule has 3 aromatic rings. The van der Waals surface area contributed by atoms with E-state index in [1.165, 1.54) is 10.4 Å². The monoisotopic (exact) mass is 591 g/mol. The molecule has 2 heterocycles. The number of carbonyl (C=O) groups is 1. The molecule has 0 unspecified atom stereocenters. The van der Waals surface area contributed by atoms with Crippen molar-refractivity contribution in [2.24, 2.45) is 20.4 Å². The molecule has 0 aliphatic carbocycles. The first-order valence-electron chi connectivity index (χ1n) is 13.5. The minimum Gasteiger partial charge on any atom is -0.475 e. The highest BCUT2D eigenvalue weighted by Crippen LogP contribution is 2.30. The van der Waals surface area contributed by atoms with E-state index >= 15 is 0 Å². The molecule has 214 valence electrons. The van der Waals surface area contributed by atoms with E-state index in [1.807, 2.05) is 49.4 Å². The van der Waals surface area contributed by atoms with Gasteiger partial charge in [0, 0.05) is 49.8 Å². The zero-order valence-corrected chi connectivity index (χ0v) is 25.5. The number of amides is 1. The Morgan fingerprint density at radius 1 is 1.15 bits per heavy atom. The molecule has 1 aromatic heterocycles. The van der Waals surface area contributed by atoms with Gasteiger partial charge in [-0.25, -0.2) is 0 Å². The predicted molar refractivity (Wildman–Crippen MR) is 170 cm³/mol. The van der Waals surface area contributed by atoms with Crippen molar-refractivity contribution in [2.45, 2.75) is 53.5 Å². The van der Waals surface area contributed by atoms with Crippen molar-refractivity contribution in [3.63, 3.8) is 0 Å². The van der Waals surface area contributed by atoms with Crippen molar-refractivity contribution in [1.29, 1.82) is 0 Å². The van der Waals surface area contributed by atoms with Crippen molar-refractivity contribution in [1.82, 2.24) is 0 Å². The fraction of sp³-hybridized carbons (Fsp3) is 0.323. The van der Waals surface area contributed by atoms with Gasteiger partial charge in [-0.05, 0) is 81.2 Å². The lowest BCUT2D eigenvalue weighted by Gasteiger charge is -2.19. The van der Waals surface area contributed by atoms with Crippen LogP contribution < -0.4 is 5.32 Å². The van der Waals surface area contributed by atoms with Gasteiger partial charge in [0.2, 0.25) is 5.91 Å². The summed E-state index contributed by atoms with van der Waals surface area (Å²) in [5.41, 5.74) is 6.52. The predicted octanol–water partition coefficient (Wildman–Crippen LogP) is 6.91. The lowest BCUT2D eigenvalue weighted by Crippen LogP contribution is -2.23. The minimum absolute atomic E-state index is 0.0816. The summed E-state index contributed by atoms with van der Waals surface area (Å²) in [4.78, 5) is 26.0. The van der Waals surface area contributed by atoms with Gasteiger partial charge in [-0.1, -0.05) is 23.7 Å². The molecule has 4 rings (SSSR count). The van der Waals surface area contributed by atoms with Gasteiger partial charge in [0.25, 0.3) is 5.90 Å². The Morgan fingerprint density at radius 2 is 1.93 bits per heavy atom. The van der Waals surface area contributed by atoms with E-state index in [4.69, 9.17) is 26.2 Å². The smallest absolute Gasteiger partial charge is 0.257 e. The summed E-state index contributed by atoms with van der Waals surface area (Å²) >= 11 is 7.93. The molecule has 8 nitrogen and oxygen atoms in total. The zero-order chi connectivity index (χ0) is 29.4. The highest BCUT2D eigenvalue weighted by atomic mass is 35.5. The van der Waals surface area contributed by atoms with Crippen molar-refractivity contribution < 1.29 is 14.4 Å². The first-order chi connectivity index (χ1) is 19.8. The molecule has 0 fully saturated rings. The zero-order valence-electron chi connectivity index (χ0n) is 23.9. The molecular weight excluding hydrogens is 558 g/mol. The molecule has 2 aromatic carbocycles. The fourth-order valence-electron chi connectivity index (χ4n) is 4.54. The molecule has 1 amide bonds. The second-order valence-electron chi connectivity index (χ2n) is 9.44. The number of hydrogen-bond donors (Lipinski definition) is 1. The average Bonchev–Trinajstić information content (AvgIpc) is 3.21. The second-order valence-corrected chi connectivity index (χ2v) is 11.3. The van der Waals surface area contributed by atoms with Crippen molar-refractivity contribution >= 4 is 58.6 Å².